The van der Waals surface area contributed by atoms with Crippen molar-refractivity contribution in [3.8, 4) is 0 Å². The van der Waals surface area contributed by atoms with Gasteiger partial charge in [-0.1, -0.05) is 11.6 Å². The third kappa shape index (κ3) is 5.67. The van der Waals surface area contributed by atoms with Crippen LogP contribution in [-0.2, 0) is 4.79 Å². The summed E-state index contributed by atoms with van der Waals surface area (Å²) in [6.07, 6.45) is 3.23. The van der Waals surface area contributed by atoms with E-state index >= 15 is 0 Å². The average molecular weight is 359 g/mol. The fourth-order valence-corrected chi connectivity index (χ4v) is 2.05. The topological polar surface area (TPSA) is 74.2 Å². The van der Waals surface area contributed by atoms with E-state index in [0.29, 0.717) is 16.4 Å². The molecule has 118 valence electrons. The van der Waals surface area contributed by atoms with Crippen molar-refractivity contribution in [3.63, 3.8) is 0 Å². The van der Waals surface area contributed by atoms with Gasteiger partial charge in [0, 0.05) is 18.8 Å². The Morgan fingerprint density at radius 1 is 1.57 bits per heavy atom. The zero-order chi connectivity index (χ0) is 13.8. The van der Waals surface area contributed by atoms with Gasteiger partial charge >= 0.3 is 5.97 Å². The van der Waals surface area contributed by atoms with Gasteiger partial charge in [-0.2, -0.15) is 4.39 Å². The van der Waals surface area contributed by atoms with Crippen LogP contribution < -0.4 is 10.6 Å². The lowest BCUT2D eigenvalue weighted by atomic mass is 10.2. The van der Waals surface area contributed by atoms with Crippen molar-refractivity contribution in [1.82, 2.24) is 10.3 Å². The lowest BCUT2D eigenvalue weighted by molar-refractivity contribution is -0.134. The Bertz CT molecular complexity index is 522. The molecule has 1 fully saturated rings. The van der Waals surface area contributed by atoms with Crippen molar-refractivity contribution in [2.24, 2.45) is 0 Å². The molecule has 0 amide bonds. The van der Waals surface area contributed by atoms with Gasteiger partial charge in [-0.25, -0.2) is 9.78 Å². The van der Waals surface area contributed by atoms with E-state index < -0.39 is 11.8 Å². The number of rotatable bonds is 4. The molecule has 0 saturated carbocycles. The van der Waals surface area contributed by atoms with Gasteiger partial charge in [0.15, 0.2) is 0 Å². The molecule has 5 nitrogen and oxygen atoms in total. The van der Waals surface area contributed by atoms with Crippen LogP contribution in [0.5, 0.6) is 0 Å². The van der Waals surface area contributed by atoms with Crippen LogP contribution in [0, 0.1) is 0 Å². The molecule has 0 unspecified atom stereocenters. The largest absolute Gasteiger partial charge is 0.476 e. The summed E-state index contributed by atoms with van der Waals surface area (Å²) in [5, 5.41) is 15.2. The Balaban J connectivity index is 0.00000200. The molecule has 1 aromatic rings. The number of pyridine rings is 1. The number of nitrogens with one attached hydrogen (secondary N) is 2. The van der Waals surface area contributed by atoms with Crippen molar-refractivity contribution in [1.29, 1.82) is 0 Å². The van der Waals surface area contributed by atoms with Crippen molar-refractivity contribution in [2.75, 3.05) is 18.4 Å². The zero-order valence-corrected chi connectivity index (χ0v) is 13.2. The summed E-state index contributed by atoms with van der Waals surface area (Å²) in [5.41, 5.74) is 0.306. The molecule has 21 heavy (non-hydrogen) atoms. The molecule has 2 heterocycles. The van der Waals surface area contributed by atoms with Gasteiger partial charge in [-0.3, -0.25) is 0 Å². The highest BCUT2D eigenvalue weighted by molar-refractivity contribution is 6.33. The standard InChI is InChI=1S/C12H13ClFN3O2.2ClH/c13-9-3-7(4-10(14)12(18)19)5-16-11(9)17-8-1-2-15-6-8;;/h3-5,8,15H,1-2,6H2,(H,16,17)(H,18,19);2*1H/b10-4-;;/t8-;;/m1../s1. The predicted octanol–water partition coefficient (Wildman–Crippen LogP) is 2.75. The Labute approximate surface area is 138 Å². The first kappa shape index (κ1) is 19.9. The second kappa shape index (κ2) is 9.04. The van der Waals surface area contributed by atoms with E-state index in [1.54, 1.807) is 0 Å². The molecule has 1 aromatic heterocycles. The molecule has 0 radical (unpaired) electrons. The van der Waals surface area contributed by atoms with Gasteiger partial charge in [-0.05, 0) is 30.7 Å². The maximum absolute atomic E-state index is 12.9. The number of carbonyl (C=O) groups is 1. The lowest BCUT2D eigenvalue weighted by Crippen LogP contribution is -2.22. The summed E-state index contributed by atoms with van der Waals surface area (Å²) < 4.78 is 12.9. The fourth-order valence-electron chi connectivity index (χ4n) is 1.82. The number of nitrogens with zero attached hydrogens (tertiary/aromatic N) is 1. The number of anilines is 1. The summed E-state index contributed by atoms with van der Waals surface area (Å²) in [6.45, 7) is 1.78. The van der Waals surface area contributed by atoms with Gasteiger partial charge < -0.3 is 15.7 Å². The highest BCUT2D eigenvalue weighted by atomic mass is 35.5. The summed E-state index contributed by atoms with van der Waals surface area (Å²) >= 11 is 6.03. The maximum atomic E-state index is 12.9. The molecule has 3 N–H and O–H groups in total. The Kier molecular flexibility index (Phi) is 8.58. The number of aliphatic carboxylic acids is 1. The molecule has 1 atom stereocenters. The molecular weight excluding hydrogens is 344 g/mol. The summed E-state index contributed by atoms with van der Waals surface area (Å²) in [4.78, 5) is 14.4. The number of hydrogen-bond acceptors (Lipinski definition) is 4. The number of carboxylic acid groups (broad SMARTS) is 1. The van der Waals surface area contributed by atoms with Crippen molar-refractivity contribution >= 4 is 54.3 Å². The molecule has 9 heteroatoms. The van der Waals surface area contributed by atoms with Gasteiger partial charge in [-0.15, -0.1) is 24.8 Å². The van der Waals surface area contributed by atoms with E-state index in [1.165, 1.54) is 12.3 Å². The normalized spacial score (nSPS) is 17.6. The van der Waals surface area contributed by atoms with Crippen molar-refractivity contribution in [3.05, 3.63) is 28.7 Å². The van der Waals surface area contributed by atoms with Crippen molar-refractivity contribution < 1.29 is 14.3 Å². The highest BCUT2D eigenvalue weighted by Crippen LogP contribution is 2.23. The molecule has 0 aromatic carbocycles. The minimum absolute atomic E-state index is 0. The molecule has 1 aliphatic rings. The molecular formula is C12H15Cl3FN3O2. The van der Waals surface area contributed by atoms with E-state index in [9.17, 15) is 9.18 Å². The van der Waals surface area contributed by atoms with Crippen LogP contribution in [0.25, 0.3) is 6.08 Å². The second-order valence-electron chi connectivity index (χ2n) is 4.23. The van der Waals surface area contributed by atoms with Crippen LogP contribution in [0.1, 0.15) is 12.0 Å². The third-order valence-electron chi connectivity index (χ3n) is 2.76. The first-order valence-electron chi connectivity index (χ1n) is 5.79. The molecule has 1 aliphatic heterocycles. The first-order valence-corrected chi connectivity index (χ1v) is 6.17. The van der Waals surface area contributed by atoms with Crippen LogP contribution in [0.15, 0.2) is 18.1 Å². The predicted molar refractivity (Wildman–Crippen MR) is 85.4 cm³/mol. The minimum atomic E-state index is -1.62. The zero-order valence-electron chi connectivity index (χ0n) is 10.8. The Morgan fingerprint density at radius 3 is 2.81 bits per heavy atom. The number of aromatic nitrogens is 1. The van der Waals surface area contributed by atoms with Gasteiger partial charge in [0.05, 0.1) is 5.02 Å². The number of carboxylic acids is 1. The number of hydrogen-bond donors (Lipinski definition) is 3. The monoisotopic (exact) mass is 357 g/mol. The molecule has 0 aliphatic carbocycles. The van der Waals surface area contributed by atoms with Gasteiger partial charge in [0.1, 0.15) is 5.82 Å². The summed E-state index contributed by atoms with van der Waals surface area (Å²) in [7, 11) is 0. The van der Waals surface area contributed by atoms with Crippen LogP contribution in [0.2, 0.25) is 5.02 Å². The van der Waals surface area contributed by atoms with E-state index in [0.717, 1.165) is 25.6 Å². The summed E-state index contributed by atoms with van der Waals surface area (Å²) in [6, 6.07) is 1.74. The first-order chi connectivity index (χ1) is 9.06. The van der Waals surface area contributed by atoms with Crippen LogP contribution in [-0.4, -0.2) is 35.2 Å². The van der Waals surface area contributed by atoms with Gasteiger partial charge in [0.25, 0.3) is 0 Å². The van der Waals surface area contributed by atoms with E-state index in [-0.39, 0.29) is 30.9 Å². The lowest BCUT2D eigenvalue weighted by Gasteiger charge is -2.13. The Morgan fingerprint density at radius 2 is 2.29 bits per heavy atom. The summed E-state index contributed by atoms with van der Waals surface area (Å²) in [5.74, 6) is -2.35. The highest BCUT2D eigenvalue weighted by Gasteiger charge is 2.16. The van der Waals surface area contributed by atoms with Gasteiger partial charge in [0.2, 0.25) is 5.83 Å². The van der Waals surface area contributed by atoms with Crippen molar-refractivity contribution in [2.45, 2.75) is 12.5 Å². The van der Waals surface area contributed by atoms with Crippen LogP contribution in [0.4, 0.5) is 10.2 Å². The maximum Gasteiger partial charge on any atom is 0.364 e. The second-order valence-corrected chi connectivity index (χ2v) is 4.64. The van der Waals surface area contributed by atoms with E-state index in [1.807, 2.05) is 0 Å². The third-order valence-corrected chi connectivity index (χ3v) is 3.05. The van der Waals surface area contributed by atoms with E-state index in [4.69, 9.17) is 16.7 Å². The average Bonchev–Trinajstić information content (AvgIpc) is 2.85. The molecule has 2 rings (SSSR count). The molecule has 1 saturated heterocycles. The number of halogens is 4. The quantitative estimate of drug-likeness (QED) is 0.722. The molecule has 0 bridgehead atoms. The SMILES string of the molecule is Cl.Cl.O=C(O)/C(F)=C/c1cnc(N[C@@H]2CCNC2)c(Cl)c1. The van der Waals surface area contributed by atoms with Crippen LogP contribution in [0.3, 0.4) is 0 Å². The molecule has 0 spiro atoms. The van der Waals surface area contributed by atoms with E-state index in [2.05, 4.69) is 15.6 Å². The Hall–Kier alpha value is -1.08. The smallest absolute Gasteiger partial charge is 0.364 e. The van der Waals surface area contributed by atoms with Crippen LogP contribution >= 0.6 is 36.4 Å². The fraction of sp³-hybridized carbons (Fsp3) is 0.333. The minimum Gasteiger partial charge on any atom is -0.476 e.